The first-order valence-electron chi connectivity index (χ1n) is 8.27. The number of carbonyl (C=O) groups excluding carboxylic acids is 2. The lowest BCUT2D eigenvalue weighted by atomic mass is 10.1. The van der Waals surface area contributed by atoms with Crippen molar-refractivity contribution in [1.29, 1.82) is 0 Å². The largest absolute Gasteiger partial charge is 0.486 e. The van der Waals surface area contributed by atoms with Gasteiger partial charge < -0.3 is 14.8 Å². The molecule has 0 aliphatic carbocycles. The summed E-state index contributed by atoms with van der Waals surface area (Å²) < 4.78 is 10.9. The molecular formula is C19H19N3O4. The number of rotatable bonds is 5. The van der Waals surface area contributed by atoms with Crippen molar-refractivity contribution in [3.63, 3.8) is 0 Å². The van der Waals surface area contributed by atoms with E-state index in [-0.39, 0.29) is 0 Å². The van der Waals surface area contributed by atoms with Gasteiger partial charge in [-0.05, 0) is 35.7 Å². The predicted octanol–water partition coefficient (Wildman–Crippen LogP) is 1.27. The summed E-state index contributed by atoms with van der Waals surface area (Å²) in [6.45, 7) is 1.39. The van der Waals surface area contributed by atoms with Gasteiger partial charge in [0, 0.05) is 6.54 Å². The molecule has 7 nitrogen and oxygen atoms in total. The second-order valence-corrected chi connectivity index (χ2v) is 5.59. The van der Waals surface area contributed by atoms with Crippen molar-refractivity contribution in [1.82, 2.24) is 10.7 Å². The fourth-order valence-corrected chi connectivity index (χ4v) is 2.40. The highest BCUT2D eigenvalue weighted by atomic mass is 16.6. The number of hydrogen-bond donors (Lipinski definition) is 2. The molecule has 0 saturated heterocycles. The molecule has 2 N–H and O–H groups in total. The molecule has 26 heavy (non-hydrogen) atoms. The van der Waals surface area contributed by atoms with E-state index in [9.17, 15) is 9.59 Å². The Kier molecular flexibility index (Phi) is 5.82. The van der Waals surface area contributed by atoms with Crippen LogP contribution < -0.4 is 20.2 Å². The number of hydrogen-bond acceptors (Lipinski definition) is 5. The molecule has 0 fully saturated rings. The van der Waals surface area contributed by atoms with Crippen molar-refractivity contribution in [3.8, 4) is 11.5 Å². The molecule has 0 aromatic heterocycles. The van der Waals surface area contributed by atoms with Crippen LogP contribution in [0.1, 0.15) is 11.1 Å². The Morgan fingerprint density at radius 1 is 1.00 bits per heavy atom. The van der Waals surface area contributed by atoms with Crippen LogP contribution in [0.4, 0.5) is 0 Å². The van der Waals surface area contributed by atoms with Gasteiger partial charge in [0.25, 0.3) is 0 Å². The molecule has 1 aliphatic rings. The zero-order valence-corrected chi connectivity index (χ0v) is 14.1. The number of nitrogens with one attached hydrogen (secondary N) is 2. The number of carbonyl (C=O) groups is 2. The van der Waals surface area contributed by atoms with Crippen LogP contribution in [-0.2, 0) is 16.0 Å². The third-order valence-corrected chi connectivity index (χ3v) is 3.69. The van der Waals surface area contributed by atoms with Gasteiger partial charge in [-0.1, -0.05) is 30.3 Å². The first-order chi connectivity index (χ1) is 12.7. The van der Waals surface area contributed by atoms with Crippen LogP contribution in [-0.4, -0.2) is 37.8 Å². The minimum atomic E-state index is -0.813. The lowest BCUT2D eigenvalue weighted by molar-refractivity contribution is -0.139. The molecular weight excluding hydrogens is 334 g/mol. The van der Waals surface area contributed by atoms with E-state index in [2.05, 4.69) is 15.8 Å². The Balaban J connectivity index is 1.44. The van der Waals surface area contributed by atoms with Crippen LogP contribution in [0.5, 0.6) is 11.5 Å². The van der Waals surface area contributed by atoms with E-state index in [0.29, 0.717) is 37.7 Å². The van der Waals surface area contributed by atoms with Gasteiger partial charge >= 0.3 is 11.8 Å². The number of fused-ring (bicyclic) bond motifs is 1. The minimum absolute atomic E-state index is 0.377. The first kappa shape index (κ1) is 17.5. The van der Waals surface area contributed by atoms with Gasteiger partial charge in [-0.3, -0.25) is 9.59 Å². The van der Waals surface area contributed by atoms with Crippen LogP contribution in [0.25, 0.3) is 0 Å². The molecule has 7 heteroatoms. The normalized spacial score (nSPS) is 12.6. The van der Waals surface area contributed by atoms with Crippen molar-refractivity contribution in [3.05, 3.63) is 59.7 Å². The van der Waals surface area contributed by atoms with Crippen molar-refractivity contribution < 1.29 is 19.1 Å². The van der Waals surface area contributed by atoms with Crippen LogP contribution in [0.15, 0.2) is 53.6 Å². The van der Waals surface area contributed by atoms with Gasteiger partial charge in [0.15, 0.2) is 11.5 Å². The van der Waals surface area contributed by atoms with Crippen LogP contribution in [0.3, 0.4) is 0 Å². The molecule has 2 aromatic rings. The average molecular weight is 353 g/mol. The zero-order valence-electron chi connectivity index (χ0n) is 14.1. The van der Waals surface area contributed by atoms with Crippen molar-refractivity contribution >= 4 is 18.0 Å². The summed E-state index contributed by atoms with van der Waals surface area (Å²) in [6.07, 6.45) is 2.09. The van der Waals surface area contributed by atoms with Crippen molar-refractivity contribution in [2.75, 3.05) is 19.8 Å². The highest BCUT2D eigenvalue weighted by molar-refractivity contribution is 6.35. The van der Waals surface area contributed by atoms with Crippen molar-refractivity contribution in [2.45, 2.75) is 6.42 Å². The maximum Gasteiger partial charge on any atom is 0.329 e. The first-order valence-corrected chi connectivity index (χ1v) is 8.27. The number of nitrogens with zero attached hydrogens (tertiary/aromatic N) is 1. The second-order valence-electron chi connectivity index (χ2n) is 5.59. The quantitative estimate of drug-likeness (QED) is 0.481. The predicted molar refractivity (Wildman–Crippen MR) is 96.3 cm³/mol. The smallest absolute Gasteiger partial charge is 0.329 e. The second kappa shape index (κ2) is 8.66. The minimum Gasteiger partial charge on any atom is -0.486 e. The summed E-state index contributed by atoms with van der Waals surface area (Å²) in [5, 5.41) is 6.36. The van der Waals surface area contributed by atoms with E-state index in [4.69, 9.17) is 9.47 Å². The van der Waals surface area contributed by atoms with E-state index < -0.39 is 11.8 Å². The van der Waals surface area contributed by atoms with E-state index in [0.717, 1.165) is 11.1 Å². The summed E-state index contributed by atoms with van der Waals surface area (Å²) in [5.41, 5.74) is 4.02. The maximum absolute atomic E-state index is 11.7. The maximum atomic E-state index is 11.7. The Morgan fingerprint density at radius 3 is 2.58 bits per heavy atom. The molecule has 2 aromatic carbocycles. The molecule has 0 saturated carbocycles. The summed E-state index contributed by atoms with van der Waals surface area (Å²) >= 11 is 0. The van der Waals surface area contributed by atoms with Crippen LogP contribution in [0, 0.1) is 0 Å². The van der Waals surface area contributed by atoms with Crippen LogP contribution in [0.2, 0.25) is 0 Å². The Hall–Kier alpha value is -3.35. The number of ether oxygens (including phenoxy) is 2. The molecule has 0 radical (unpaired) electrons. The Bertz CT molecular complexity index is 806. The standard InChI is InChI=1S/C19H19N3O4/c23-18(20-9-8-14-4-2-1-3-5-14)19(24)22-21-13-15-6-7-16-17(12-15)26-11-10-25-16/h1-7,12-13H,8-11H2,(H,20,23)(H,22,24). The molecule has 1 heterocycles. The molecule has 0 unspecified atom stereocenters. The molecule has 2 amide bonds. The molecule has 0 bridgehead atoms. The van der Waals surface area contributed by atoms with Gasteiger partial charge in [-0.2, -0.15) is 5.10 Å². The third kappa shape index (κ3) is 4.83. The van der Waals surface area contributed by atoms with Gasteiger partial charge in [-0.15, -0.1) is 0 Å². The van der Waals surface area contributed by atoms with E-state index >= 15 is 0 Å². The molecule has 0 spiro atoms. The lowest BCUT2D eigenvalue weighted by Gasteiger charge is -2.18. The summed E-state index contributed by atoms with van der Waals surface area (Å²) in [7, 11) is 0. The summed E-state index contributed by atoms with van der Waals surface area (Å²) in [5.74, 6) is -0.229. The number of hydrazone groups is 1. The summed E-state index contributed by atoms with van der Waals surface area (Å²) in [6, 6.07) is 15.0. The SMILES string of the molecule is O=C(NCCc1ccccc1)C(=O)NN=Cc1ccc2c(c1)OCCO2. The van der Waals surface area contributed by atoms with Gasteiger partial charge in [0.05, 0.1) is 6.21 Å². The highest BCUT2D eigenvalue weighted by Gasteiger charge is 2.12. The molecule has 3 rings (SSSR count). The Morgan fingerprint density at radius 2 is 1.77 bits per heavy atom. The van der Waals surface area contributed by atoms with E-state index in [1.807, 2.05) is 30.3 Å². The van der Waals surface area contributed by atoms with E-state index in [1.165, 1.54) is 6.21 Å². The monoisotopic (exact) mass is 353 g/mol. The fourth-order valence-electron chi connectivity index (χ4n) is 2.40. The lowest BCUT2D eigenvalue weighted by Crippen LogP contribution is -2.38. The van der Waals surface area contributed by atoms with Crippen molar-refractivity contribution in [2.24, 2.45) is 5.10 Å². The van der Waals surface area contributed by atoms with Crippen LogP contribution >= 0.6 is 0 Å². The van der Waals surface area contributed by atoms with Gasteiger partial charge in [0.2, 0.25) is 0 Å². The molecule has 0 atom stereocenters. The zero-order chi connectivity index (χ0) is 18.2. The molecule has 1 aliphatic heterocycles. The Labute approximate surface area is 151 Å². The topological polar surface area (TPSA) is 89.0 Å². The number of benzene rings is 2. The third-order valence-electron chi connectivity index (χ3n) is 3.69. The highest BCUT2D eigenvalue weighted by Crippen LogP contribution is 2.30. The molecule has 134 valence electrons. The van der Waals surface area contributed by atoms with Gasteiger partial charge in [-0.25, -0.2) is 5.43 Å². The number of amides is 2. The fraction of sp³-hybridized carbons (Fsp3) is 0.211. The van der Waals surface area contributed by atoms with Gasteiger partial charge in [0.1, 0.15) is 13.2 Å². The van der Waals surface area contributed by atoms with E-state index in [1.54, 1.807) is 18.2 Å². The summed E-state index contributed by atoms with van der Waals surface area (Å²) in [4.78, 5) is 23.5. The average Bonchev–Trinajstić information content (AvgIpc) is 2.68.